The van der Waals surface area contributed by atoms with Crippen LogP contribution in [0.3, 0.4) is 0 Å². The van der Waals surface area contributed by atoms with Crippen molar-refractivity contribution >= 4 is 35.0 Å². The number of nitro benzene ring substituents is 1. The number of nitrogens with zero attached hydrogens (tertiary/aromatic N) is 1. The van der Waals surface area contributed by atoms with Gasteiger partial charge in [0.2, 0.25) is 0 Å². The summed E-state index contributed by atoms with van der Waals surface area (Å²) in [7, 11) is 0. The number of non-ortho nitro benzene ring substituents is 1. The molecule has 7 nitrogen and oxygen atoms in total. The quantitative estimate of drug-likeness (QED) is 0.569. The summed E-state index contributed by atoms with van der Waals surface area (Å²) in [6.07, 6.45) is 0. The smallest absolute Gasteiger partial charge is 0.321 e. The molecule has 136 valence electrons. The number of hydrogen-bond donors (Lipinski definition) is 2. The second kappa shape index (κ2) is 7.94. The highest BCUT2D eigenvalue weighted by molar-refractivity contribution is 7.99. The third kappa shape index (κ3) is 4.27. The van der Waals surface area contributed by atoms with Crippen molar-refractivity contribution in [2.24, 2.45) is 0 Å². The van der Waals surface area contributed by atoms with Gasteiger partial charge in [-0.3, -0.25) is 20.2 Å². The second-order valence-electron chi connectivity index (χ2n) is 5.67. The maximum atomic E-state index is 11.1. The predicted octanol–water partition coefficient (Wildman–Crippen LogP) is 3.62. The zero-order valence-electron chi connectivity index (χ0n) is 13.4. The van der Waals surface area contributed by atoms with Crippen LogP contribution in [0.2, 0.25) is 5.02 Å². The van der Waals surface area contributed by atoms with Gasteiger partial charge in [0.1, 0.15) is 18.4 Å². The molecule has 1 fully saturated rings. The number of carbonyl (C=O) groups is 1. The van der Waals surface area contributed by atoms with Gasteiger partial charge in [-0.1, -0.05) is 11.6 Å². The Bertz CT molecular complexity index is 830. The molecule has 0 spiro atoms. The summed E-state index contributed by atoms with van der Waals surface area (Å²) in [5.74, 6) is 0.146. The molecule has 2 aromatic carbocycles. The van der Waals surface area contributed by atoms with Gasteiger partial charge in [0, 0.05) is 28.5 Å². The lowest BCUT2D eigenvalue weighted by atomic mass is 10.1. The summed E-state index contributed by atoms with van der Waals surface area (Å²) in [6.45, 7) is 0.229. The Hall–Kier alpha value is -2.29. The topological polar surface area (TPSA) is 102 Å². The van der Waals surface area contributed by atoms with Gasteiger partial charge in [-0.25, -0.2) is 0 Å². The van der Waals surface area contributed by atoms with Crippen LogP contribution in [0, 0.1) is 10.1 Å². The van der Waals surface area contributed by atoms with Crippen LogP contribution in [0.25, 0.3) is 0 Å². The number of hydrogen-bond acceptors (Lipinski definition) is 6. The number of carboxylic acids is 1. The standard InChI is InChI=1S/C17H15ClN2O5S/c18-11-3-6-15(13(7-11)16-19-14(9-26-16)17(21)22)25-8-10-1-4-12(5-2-10)20(23)24/h1-7,14,16,19H,8-9H2,(H,21,22). The molecule has 0 saturated carbocycles. The fraction of sp³-hybridized carbons (Fsp3) is 0.235. The van der Waals surface area contributed by atoms with E-state index in [-0.39, 0.29) is 17.7 Å². The van der Waals surface area contributed by atoms with Crippen LogP contribution < -0.4 is 10.1 Å². The van der Waals surface area contributed by atoms with Gasteiger partial charge < -0.3 is 9.84 Å². The molecule has 2 N–H and O–H groups in total. The van der Waals surface area contributed by atoms with Crippen molar-refractivity contribution in [3.63, 3.8) is 0 Å². The molecule has 2 unspecified atom stereocenters. The Labute approximate surface area is 158 Å². The third-order valence-corrected chi connectivity index (χ3v) is 5.36. The number of nitrogens with one attached hydrogen (secondary N) is 1. The highest BCUT2D eigenvalue weighted by Crippen LogP contribution is 2.39. The largest absolute Gasteiger partial charge is 0.489 e. The fourth-order valence-corrected chi connectivity index (χ4v) is 3.95. The number of nitro groups is 1. The van der Waals surface area contributed by atoms with E-state index in [4.69, 9.17) is 21.4 Å². The first kappa shape index (κ1) is 18.5. The Morgan fingerprint density at radius 2 is 2.08 bits per heavy atom. The molecule has 1 saturated heterocycles. The maximum absolute atomic E-state index is 11.1. The van der Waals surface area contributed by atoms with Crippen LogP contribution in [-0.4, -0.2) is 27.8 Å². The molecule has 26 heavy (non-hydrogen) atoms. The van der Waals surface area contributed by atoms with Crippen molar-refractivity contribution in [2.75, 3.05) is 5.75 Å². The third-order valence-electron chi connectivity index (χ3n) is 3.88. The average Bonchev–Trinajstić information content (AvgIpc) is 3.11. The first-order valence-corrected chi connectivity index (χ1v) is 9.13. The van der Waals surface area contributed by atoms with Crippen LogP contribution in [-0.2, 0) is 11.4 Å². The normalized spacial score (nSPS) is 19.3. The minimum Gasteiger partial charge on any atom is -0.489 e. The van der Waals surface area contributed by atoms with Gasteiger partial charge in [-0.15, -0.1) is 11.8 Å². The van der Waals surface area contributed by atoms with Crippen molar-refractivity contribution < 1.29 is 19.6 Å². The van der Waals surface area contributed by atoms with Crippen LogP contribution in [0.4, 0.5) is 5.69 Å². The van der Waals surface area contributed by atoms with E-state index in [0.717, 1.165) is 11.1 Å². The molecule has 3 rings (SSSR count). The second-order valence-corrected chi connectivity index (χ2v) is 7.24. The lowest BCUT2D eigenvalue weighted by Gasteiger charge is -2.17. The molecule has 2 atom stereocenters. The maximum Gasteiger partial charge on any atom is 0.321 e. The molecule has 1 aliphatic rings. The fourth-order valence-electron chi connectivity index (χ4n) is 2.52. The number of aliphatic carboxylic acids is 1. The molecule has 0 bridgehead atoms. The van der Waals surface area contributed by atoms with E-state index in [2.05, 4.69) is 5.32 Å². The number of halogens is 1. The van der Waals surface area contributed by atoms with Crippen LogP contribution >= 0.6 is 23.4 Å². The monoisotopic (exact) mass is 394 g/mol. The summed E-state index contributed by atoms with van der Waals surface area (Å²) in [6, 6.07) is 10.7. The number of thioether (sulfide) groups is 1. The summed E-state index contributed by atoms with van der Waals surface area (Å²) in [5.41, 5.74) is 1.58. The van der Waals surface area contributed by atoms with Crippen LogP contribution in [0.15, 0.2) is 42.5 Å². The van der Waals surface area contributed by atoms with E-state index in [1.807, 2.05) is 0 Å². The Morgan fingerprint density at radius 1 is 1.35 bits per heavy atom. The Kier molecular flexibility index (Phi) is 5.65. The minimum absolute atomic E-state index is 0.0206. The predicted molar refractivity (Wildman–Crippen MR) is 98.6 cm³/mol. The molecular formula is C17H15ClN2O5S. The number of benzene rings is 2. The SMILES string of the molecule is O=C(O)C1CSC(c2cc(Cl)ccc2OCc2ccc([N+](=O)[O-])cc2)N1. The zero-order chi connectivity index (χ0) is 18.7. The lowest BCUT2D eigenvalue weighted by Crippen LogP contribution is -2.33. The van der Waals surface area contributed by atoms with Crippen molar-refractivity contribution in [3.8, 4) is 5.75 Å². The number of ether oxygens (including phenoxy) is 1. The summed E-state index contributed by atoms with van der Waals surface area (Å²) >= 11 is 7.56. The van der Waals surface area contributed by atoms with Gasteiger partial charge >= 0.3 is 5.97 Å². The van der Waals surface area contributed by atoms with Crippen molar-refractivity contribution in [3.05, 3.63) is 68.7 Å². The molecular weight excluding hydrogens is 380 g/mol. The Morgan fingerprint density at radius 3 is 2.69 bits per heavy atom. The highest BCUT2D eigenvalue weighted by atomic mass is 35.5. The molecule has 0 aliphatic carbocycles. The molecule has 0 radical (unpaired) electrons. The van der Waals surface area contributed by atoms with Gasteiger partial charge in [0.05, 0.1) is 10.3 Å². The average molecular weight is 395 g/mol. The molecule has 1 heterocycles. The van der Waals surface area contributed by atoms with E-state index in [1.165, 1.54) is 23.9 Å². The van der Waals surface area contributed by atoms with Gasteiger partial charge in [0.15, 0.2) is 0 Å². The lowest BCUT2D eigenvalue weighted by molar-refractivity contribution is -0.384. The molecule has 2 aromatic rings. The van der Waals surface area contributed by atoms with E-state index < -0.39 is 16.9 Å². The number of carboxylic acid groups (broad SMARTS) is 1. The highest BCUT2D eigenvalue weighted by Gasteiger charge is 2.32. The van der Waals surface area contributed by atoms with E-state index in [1.54, 1.807) is 30.3 Å². The first-order valence-electron chi connectivity index (χ1n) is 7.70. The van der Waals surface area contributed by atoms with Crippen LogP contribution in [0.1, 0.15) is 16.5 Å². The van der Waals surface area contributed by atoms with E-state index in [9.17, 15) is 14.9 Å². The summed E-state index contributed by atoms with van der Waals surface area (Å²) in [4.78, 5) is 21.4. The summed E-state index contributed by atoms with van der Waals surface area (Å²) < 4.78 is 5.86. The molecule has 0 aromatic heterocycles. The van der Waals surface area contributed by atoms with Crippen LogP contribution in [0.5, 0.6) is 5.75 Å². The number of rotatable bonds is 6. The first-order chi connectivity index (χ1) is 12.4. The van der Waals surface area contributed by atoms with Gasteiger partial charge in [0.25, 0.3) is 5.69 Å². The molecule has 0 amide bonds. The van der Waals surface area contributed by atoms with Gasteiger partial charge in [-0.05, 0) is 35.9 Å². The van der Waals surface area contributed by atoms with E-state index in [0.29, 0.717) is 16.5 Å². The molecule has 1 aliphatic heterocycles. The minimum atomic E-state index is -0.893. The van der Waals surface area contributed by atoms with E-state index >= 15 is 0 Å². The summed E-state index contributed by atoms with van der Waals surface area (Å²) in [5, 5.41) is 23.2. The zero-order valence-corrected chi connectivity index (χ0v) is 15.0. The van der Waals surface area contributed by atoms with Crippen molar-refractivity contribution in [1.29, 1.82) is 0 Å². The Balaban J connectivity index is 1.74. The van der Waals surface area contributed by atoms with Gasteiger partial charge in [-0.2, -0.15) is 0 Å². The molecule has 9 heteroatoms. The van der Waals surface area contributed by atoms with Crippen molar-refractivity contribution in [2.45, 2.75) is 18.0 Å². The van der Waals surface area contributed by atoms with Crippen molar-refractivity contribution in [1.82, 2.24) is 5.32 Å².